The average molecular weight is 159 g/mol. The minimum atomic E-state index is -0.993. The molecule has 0 aromatic heterocycles. The predicted octanol–water partition coefficient (Wildman–Crippen LogP) is -0.00900. The van der Waals surface area contributed by atoms with Crippen molar-refractivity contribution in [1.29, 1.82) is 0 Å². The topological polar surface area (TPSA) is 72.5 Å². The van der Waals surface area contributed by atoms with Crippen LogP contribution in [0.3, 0.4) is 0 Å². The molecule has 11 heavy (non-hydrogen) atoms. The normalized spacial score (nSPS) is 12.5. The van der Waals surface area contributed by atoms with Crippen LogP contribution in [0.1, 0.15) is 6.42 Å². The molecular formula is C7H13NO3. The summed E-state index contributed by atoms with van der Waals surface area (Å²) >= 11 is 0. The van der Waals surface area contributed by atoms with Gasteiger partial charge >= 0.3 is 5.97 Å². The van der Waals surface area contributed by atoms with E-state index in [4.69, 9.17) is 15.6 Å². The van der Waals surface area contributed by atoms with E-state index in [1.807, 2.05) is 0 Å². The third-order valence-electron chi connectivity index (χ3n) is 1.13. The van der Waals surface area contributed by atoms with Crippen molar-refractivity contribution in [1.82, 2.24) is 0 Å². The van der Waals surface area contributed by atoms with E-state index in [0.717, 1.165) is 0 Å². The summed E-state index contributed by atoms with van der Waals surface area (Å²) in [7, 11) is 0. The summed E-state index contributed by atoms with van der Waals surface area (Å²) in [6, 6.07) is -0.820. The summed E-state index contributed by atoms with van der Waals surface area (Å²) in [6.45, 7) is 4.24. The standard InChI is InChI=1S/C7H13NO3/c1-2-4-11-5-3-6(8)7(9)10/h2,6H,1,3-5,8H2,(H,9,10)/t6-/m0/s1. The highest BCUT2D eigenvalue weighted by Gasteiger charge is 2.09. The molecule has 4 nitrogen and oxygen atoms in total. The lowest BCUT2D eigenvalue weighted by Crippen LogP contribution is -2.31. The monoisotopic (exact) mass is 159 g/mol. The van der Waals surface area contributed by atoms with E-state index in [9.17, 15) is 4.79 Å². The molecule has 3 N–H and O–H groups in total. The summed E-state index contributed by atoms with van der Waals surface area (Å²) < 4.78 is 4.94. The molecule has 0 saturated heterocycles. The number of ether oxygens (including phenoxy) is 1. The van der Waals surface area contributed by atoms with Crippen LogP contribution in [0.15, 0.2) is 12.7 Å². The number of hydrogen-bond acceptors (Lipinski definition) is 3. The number of hydrogen-bond donors (Lipinski definition) is 2. The number of carboxylic acid groups (broad SMARTS) is 1. The third-order valence-corrected chi connectivity index (χ3v) is 1.13. The number of carbonyl (C=O) groups is 1. The quantitative estimate of drug-likeness (QED) is 0.422. The van der Waals surface area contributed by atoms with Gasteiger partial charge in [0.15, 0.2) is 0 Å². The van der Waals surface area contributed by atoms with Crippen molar-refractivity contribution >= 4 is 5.97 Å². The lowest BCUT2D eigenvalue weighted by Gasteiger charge is -2.04. The zero-order valence-electron chi connectivity index (χ0n) is 6.32. The van der Waals surface area contributed by atoms with Gasteiger partial charge in [-0.1, -0.05) is 6.08 Å². The summed E-state index contributed by atoms with van der Waals surface area (Å²) in [5.74, 6) is -0.993. The fourth-order valence-electron chi connectivity index (χ4n) is 0.500. The molecule has 0 aliphatic rings. The fourth-order valence-corrected chi connectivity index (χ4v) is 0.500. The average Bonchev–Trinajstić information content (AvgIpc) is 1.97. The van der Waals surface area contributed by atoms with Crippen molar-refractivity contribution in [2.45, 2.75) is 12.5 Å². The van der Waals surface area contributed by atoms with Gasteiger partial charge < -0.3 is 15.6 Å². The van der Waals surface area contributed by atoms with Crippen LogP contribution in [-0.4, -0.2) is 30.3 Å². The van der Waals surface area contributed by atoms with E-state index in [0.29, 0.717) is 19.6 Å². The maximum atomic E-state index is 10.2. The number of carboxylic acids is 1. The molecule has 4 heteroatoms. The van der Waals surface area contributed by atoms with Crippen LogP contribution < -0.4 is 5.73 Å². The number of rotatable bonds is 6. The minimum Gasteiger partial charge on any atom is -0.480 e. The predicted molar refractivity (Wildman–Crippen MR) is 41.2 cm³/mol. The van der Waals surface area contributed by atoms with Gasteiger partial charge in [-0.2, -0.15) is 0 Å². The maximum absolute atomic E-state index is 10.2. The second kappa shape index (κ2) is 5.88. The number of nitrogens with two attached hydrogens (primary N) is 1. The van der Waals surface area contributed by atoms with Crippen LogP contribution in [0.4, 0.5) is 0 Å². The first-order valence-corrected chi connectivity index (χ1v) is 3.35. The molecule has 0 heterocycles. The molecule has 0 saturated carbocycles. The second-order valence-corrected chi connectivity index (χ2v) is 2.10. The van der Waals surface area contributed by atoms with Crippen LogP contribution in [-0.2, 0) is 9.53 Å². The van der Waals surface area contributed by atoms with Crippen LogP contribution in [0, 0.1) is 0 Å². The molecule has 1 atom stereocenters. The highest BCUT2D eigenvalue weighted by atomic mass is 16.5. The Morgan fingerprint density at radius 1 is 1.82 bits per heavy atom. The molecule has 0 aromatic carbocycles. The third kappa shape index (κ3) is 5.57. The first kappa shape index (κ1) is 10.1. The molecule has 0 amide bonds. The van der Waals surface area contributed by atoms with Crippen LogP contribution in [0.2, 0.25) is 0 Å². The molecular weight excluding hydrogens is 146 g/mol. The molecule has 0 rings (SSSR count). The van der Waals surface area contributed by atoms with Gasteiger partial charge in [-0.3, -0.25) is 4.79 Å². The Bertz CT molecular complexity index is 136. The fraction of sp³-hybridized carbons (Fsp3) is 0.571. The van der Waals surface area contributed by atoms with Crippen LogP contribution >= 0.6 is 0 Å². The van der Waals surface area contributed by atoms with E-state index in [1.54, 1.807) is 6.08 Å². The van der Waals surface area contributed by atoms with Crippen molar-refractivity contribution in [3.8, 4) is 0 Å². The van der Waals surface area contributed by atoms with Crippen LogP contribution in [0.5, 0.6) is 0 Å². The Hall–Kier alpha value is -0.870. The lowest BCUT2D eigenvalue weighted by molar-refractivity contribution is -0.138. The zero-order chi connectivity index (χ0) is 8.69. The molecule has 0 aromatic rings. The highest BCUT2D eigenvalue weighted by Crippen LogP contribution is 1.89. The lowest BCUT2D eigenvalue weighted by atomic mass is 10.2. The molecule has 0 fully saturated rings. The van der Waals surface area contributed by atoms with E-state index < -0.39 is 12.0 Å². The van der Waals surface area contributed by atoms with Gasteiger partial charge in [0.2, 0.25) is 0 Å². The van der Waals surface area contributed by atoms with Gasteiger partial charge in [0.25, 0.3) is 0 Å². The van der Waals surface area contributed by atoms with Crippen molar-refractivity contribution < 1.29 is 14.6 Å². The molecule has 0 spiro atoms. The van der Waals surface area contributed by atoms with E-state index in [-0.39, 0.29) is 0 Å². The summed E-state index contributed by atoms with van der Waals surface area (Å²) in [5, 5.41) is 8.34. The largest absolute Gasteiger partial charge is 0.480 e. The van der Waals surface area contributed by atoms with Gasteiger partial charge in [-0.25, -0.2) is 0 Å². The van der Waals surface area contributed by atoms with Crippen molar-refractivity contribution in [3.05, 3.63) is 12.7 Å². The van der Waals surface area contributed by atoms with Crippen molar-refractivity contribution in [2.24, 2.45) is 5.73 Å². The summed E-state index contributed by atoms with van der Waals surface area (Å²) in [4.78, 5) is 10.2. The summed E-state index contributed by atoms with van der Waals surface area (Å²) in [5.41, 5.74) is 5.19. The Morgan fingerprint density at radius 3 is 2.91 bits per heavy atom. The Morgan fingerprint density at radius 2 is 2.45 bits per heavy atom. The Balaban J connectivity index is 3.24. The molecule has 0 bridgehead atoms. The van der Waals surface area contributed by atoms with Crippen molar-refractivity contribution in [3.63, 3.8) is 0 Å². The second-order valence-electron chi connectivity index (χ2n) is 2.10. The summed E-state index contributed by atoms with van der Waals surface area (Å²) in [6.07, 6.45) is 1.94. The molecule has 0 radical (unpaired) electrons. The van der Waals surface area contributed by atoms with E-state index >= 15 is 0 Å². The SMILES string of the molecule is C=CCOCC[C@H](N)C(=O)O. The molecule has 0 aliphatic heterocycles. The highest BCUT2D eigenvalue weighted by molar-refractivity contribution is 5.72. The smallest absolute Gasteiger partial charge is 0.320 e. The van der Waals surface area contributed by atoms with Gasteiger partial charge in [0.05, 0.1) is 6.61 Å². The van der Waals surface area contributed by atoms with E-state index in [1.165, 1.54) is 0 Å². The maximum Gasteiger partial charge on any atom is 0.320 e. The van der Waals surface area contributed by atoms with Crippen LogP contribution in [0.25, 0.3) is 0 Å². The number of aliphatic carboxylic acids is 1. The van der Waals surface area contributed by atoms with Gasteiger partial charge in [-0.15, -0.1) is 6.58 Å². The molecule has 0 unspecified atom stereocenters. The molecule has 64 valence electrons. The van der Waals surface area contributed by atoms with E-state index in [2.05, 4.69) is 6.58 Å². The zero-order valence-corrected chi connectivity index (χ0v) is 6.32. The Labute approximate surface area is 65.6 Å². The van der Waals surface area contributed by atoms with Gasteiger partial charge in [0.1, 0.15) is 6.04 Å². The first-order chi connectivity index (χ1) is 5.18. The minimum absolute atomic E-state index is 0.336. The van der Waals surface area contributed by atoms with Gasteiger partial charge in [-0.05, 0) is 6.42 Å². The Kier molecular flexibility index (Phi) is 5.42. The molecule has 0 aliphatic carbocycles. The first-order valence-electron chi connectivity index (χ1n) is 3.35. The van der Waals surface area contributed by atoms with Crippen molar-refractivity contribution in [2.75, 3.05) is 13.2 Å². The van der Waals surface area contributed by atoms with Gasteiger partial charge in [0, 0.05) is 6.61 Å².